The van der Waals surface area contributed by atoms with Gasteiger partial charge in [0.05, 0.1) is 22.0 Å². The summed E-state index contributed by atoms with van der Waals surface area (Å²) in [5, 5.41) is 3.70. The summed E-state index contributed by atoms with van der Waals surface area (Å²) >= 11 is 18.2. The third-order valence-electron chi connectivity index (χ3n) is 5.34. The summed E-state index contributed by atoms with van der Waals surface area (Å²) < 4.78 is 26.1. The van der Waals surface area contributed by atoms with Crippen LogP contribution in [0.1, 0.15) is 30.9 Å². The summed E-state index contributed by atoms with van der Waals surface area (Å²) in [6.07, 6.45) is 1.39. The molecule has 7 nitrogen and oxygen atoms in total. The smallest absolute Gasteiger partial charge is 0.242 e. The maximum Gasteiger partial charge on any atom is 0.242 e. The summed E-state index contributed by atoms with van der Waals surface area (Å²) in [7, 11) is -2.11. The molecule has 0 radical (unpaired) electrons. The lowest BCUT2D eigenvalue weighted by Crippen LogP contribution is -2.46. The van der Waals surface area contributed by atoms with Gasteiger partial charge in [0.1, 0.15) is 6.04 Å². The van der Waals surface area contributed by atoms with E-state index in [4.69, 9.17) is 34.8 Å². The molecular weight excluding hydrogens is 521 g/mol. The molecule has 2 amide bonds. The van der Waals surface area contributed by atoms with Gasteiger partial charge in [-0.1, -0.05) is 46.9 Å². The lowest BCUT2D eigenvalue weighted by atomic mass is 10.1. The van der Waals surface area contributed by atoms with E-state index in [0.29, 0.717) is 26.3 Å². The molecule has 0 saturated heterocycles. The van der Waals surface area contributed by atoms with E-state index in [9.17, 15) is 18.0 Å². The average molecular weight is 549 g/mol. The van der Waals surface area contributed by atoms with Gasteiger partial charge in [-0.25, -0.2) is 8.42 Å². The van der Waals surface area contributed by atoms with Crippen molar-refractivity contribution in [2.45, 2.75) is 39.3 Å². The van der Waals surface area contributed by atoms with Crippen LogP contribution in [0.5, 0.6) is 0 Å². The SMILES string of the molecule is CNC(=O)[C@@H](C)N(Cc1ccc(Cl)c(Cl)c1)C(=O)CCCN(c1cc(Cl)ccc1C)S(C)(=O)=O. The Hall–Kier alpha value is -2.00. The Kier molecular flexibility index (Phi) is 10.1. The highest BCUT2D eigenvalue weighted by molar-refractivity contribution is 7.92. The zero-order chi connectivity index (χ0) is 25.6. The molecule has 1 N–H and O–H groups in total. The van der Waals surface area contributed by atoms with Crippen LogP contribution in [0.4, 0.5) is 5.69 Å². The molecule has 2 aromatic rings. The number of nitrogens with zero attached hydrogens (tertiary/aromatic N) is 2. The molecule has 0 fully saturated rings. The minimum atomic E-state index is -3.61. The molecule has 0 aliphatic rings. The van der Waals surface area contributed by atoms with Gasteiger partial charge in [-0.2, -0.15) is 0 Å². The van der Waals surface area contributed by atoms with Crippen LogP contribution in [0.2, 0.25) is 15.1 Å². The van der Waals surface area contributed by atoms with Gasteiger partial charge in [0.15, 0.2) is 0 Å². The minimum Gasteiger partial charge on any atom is -0.357 e. The number of hydrogen-bond acceptors (Lipinski definition) is 4. The summed E-state index contributed by atoms with van der Waals surface area (Å²) in [6, 6.07) is 9.28. The number of benzene rings is 2. The van der Waals surface area contributed by atoms with Crippen LogP contribution in [0.3, 0.4) is 0 Å². The Morgan fingerprint density at radius 2 is 1.74 bits per heavy atom. The van der Waals surface area contributed by atoms with Crippen LogP contribution < -0.4 is 9.62 Å². The van der Waals surface area contributed by atoms with Gasteiger partial charge in [-0.05, 0) is 55.7 Å². The van der Waals surface area contributed by atoms with E-state index in [1.165, 1.54) is 16.3 Å². The van der Waals surface area contributed by atoms with E-state index in [2.05, 4.69) is 5.32 Å². The van der Waals surface area contributed by atoms with Crippen molar-refractivity contribution in [1.82, 2.24) is 10.2 Å². The van der Waals surface area contributed by atoms with E-state index in [-0.39, 0.29) is 37.7 Å². The number of sulfonamides is 1. The molecule has 0 saturated carbocycles. The van der Waals surface area contributed by atoms with Crippen LogP contribution in [0.25, 0.3) is 0 Å². The fourth-order valence-corrected chi connectivity index (χ4v) is 4.96. The number of amides is 2. The zero-order valence-corrected chi connectivity index (χ0v) is 22.5. The number of aryl methyl sites for hydroxylation is 1. The monoisotopic (exact) mass is 547 g/mol. The molecule has 0 spiro atoms. The summed E-state index contributed by atoms with van der Waals surface area (Å²) in [5.74, 6) is -0.612. The normalized spacial score (nSPS) is 12.2. The highest BCUT2D eigenvalue weighted by Crippen LogP contribution is 2.27. The van der Waals surface area contributed by atoms with Gasteiger partial charge < -0.3 is 10.2 Å². The van der Waals surface area contributed by atoms with Crippen molar-refractivity contribution >= 4 is 62.3 Å². The summed E-state index contributed by atoms with van der Waals surface area (Å²) in [5.41, 5.74) is 1.93. The van der Waals surface area contributed by atoms with E-state index in [0.717, 1.165) is 11.8 Å². The van der Waals surface area contributed by atoms with E-state index in [1.54, 1.807) is 50.2 Å². The second-order valence-corrected chi connectivity index (χ2v) is 11.1. The van der Waals surface area contributed by atoms with Gasteiger partial charge in [0, 0.05) is 31.6 Å². The second kappa shape index (κ2) is 12.1. The first-order chi connectivity index (χ1) is 15.8. The molecule has 0 aliphatic heterocycles. The Labute approximate surface area is 216 Å². The lowest BCUT2D eigenvalue weighted by Gasteiger charge is -2.29. The number of carbonyl (C=O) groups excluding carboxylic acids is 2. The minimum absolute atomic E-state index is 0.0360. The van der Waals surface area contributed by atoms with Gasteiger partial charge in [0.25, 0.3) is 0 Å². The molecule has 2 rings (SSSR count). The van der Waals surface area contributed by atoms with Crippen molar-refractivity contribution in [3.05, 3.63) is 62.6 Å². The standard InChI is InChI=1S/C23H28Cl3N3O4S/c1-15-7-9-18(24)13-21(15)29(34(4,32)33)11-5-6-22(30)28(16(2)23(31)27-3)14-17-8-10-19(25)20(26)12-17/h7-10,12-13,16H,5-6,11,14H2,1-4H3,(H,27,31)/t16-/m1/s1. The lowest BCUT2D eigenvalue weighted by molar-refractivity contribution is -0.140. The predicted molar refractivity (Wildman–Crippen MR) is 138 cm³/mol. The maximum absolute atomic E-state index is 13.1. The molecule has 11 heteroatoms. The van der Waals surface area contributed by atoms with Crippen molar-refractivity contribution in [2.24, 2.45) is 0 Å². The molecule has 1 atom stereocenters. The Bertz CT molecular complexity index is 1160. The number of halogens is 3. The molecule has 0 aliphatic carbocycles. The van der Waals surface area contributed by atoms with Crippen molar-refractivity contribution in [2.75, 3.05) is 24.2 Å². The van der Waals surface area contributed by atoms with Gasteiger partial charge >= 0.3 is 0 Å². The van der Waals surface area contributed by atoms with E-state index < -0.39 is 16.1 Å². The number of anilines is 1. The highest BCUT2D eigenvalue weighted by Gasteiger charge is 2.26. The maximum atomic E-state index is 13.1. The molecule has 0 unspecified atom stereocenters. The number of nitrogens with one attached hydrogen (secondary N) is 1. The Morgan fingerprint density at radius 1 is 1.06 bits per heavy atom. The molecule has 0 heterocycles. The third-order valence-corrected chi connectivity index (χ3v) is 7.50. The van der Waals surface area contributed by atoms with Crippen molar-refractivity contribution in [3.8, 4) is 0 Å². The molecule has 186 valence electrons. The number of rotatable bonds is 10. The Morgan fingerprint density at radius 3 is 2.32 bits per heavy atom. The topological polar surface area (TPSA) is 86.8 Å². The first-order valence-electron chi connectivity index (χ1n) is 10.5. The van der Waals surface area contributed by atoms with E-state index >= 15 is 0 Å². The zero-order valence-electron chi connectivity index (χ0n) is 19.4. The highest BCUT2D eigenvalue weighted by atomic mass is 35.5. The number of hydrogen-bond donors (Lipinski definition) is 1. The molecule has 0 aromatic heterocycles. The van der Waals surface area contributed by atoms with Gasteiger partial charge in [0.2, 0.25) is 21.8 Å². The fourth-order valence-electron chi connectivity index (χ4n) is 3.46. The first kappa shape index (κ1) is 28.2. The van der Waals surface area contributed by atoms with Gasteiger partial charge in [-0.3, -0.25) is 13.9 Å². The van der Waals surface area contributed by atoms with E-state index in [1.807, 2.05) is 0 Å². The second-order valence-electron chi connectivity index (χ2n) is 7.93. The van der Waals surface area contributed by atoms with Crippen molar-refractivity contribution < 1.29 is 18.0 Å². The summed E-state index contributed by atoms with van der Waals surface area (Å²) in [6.45, 7) is 3.65. The van der Waals surface area contributed by atoms with Crippen molar-refractivity contribution in [3.63, 3.8) is 0 Å². The largest absolute Gasteiger partial charge is 0.357 e. The number of likely N-dealkylation sites (N-methyl/N-ethyl adjacent to an activating group) is 1. The van der Waals surface area contributed by atoms with Crippen LogP contribution in [-0.4, -0.2) is 51.0 Å². The Balaban J connectivity index is 2.20. The molecule has 0 bridgehead atoms. The third kappa shape index (κ3) is 7.50. The van der Waals surface area contributed by atoms with Crippen LogP contribution in [-0.2, 0) is 26.2 Å². The number of carbonyl (C=O) groups is 2. The van der Waals surface area contributed by atoms with Crippen LogP contribution in [0.15, 0.2) is 36.4 Å². The average Bonchev–Trinajstić information content (AvgIpc) is 2.77. The quantitative estimate of drug-likeness (QED) is 0.468. The summed E-state index contributed by atoms with van der Waals surface area (Å²) in [4.78, 5) is 26.9. The fraction of sp³-hybridized carbons (Fsp3) is 0.391. The van der Waals surface area contributed by atoms with Crippen LogP contribution in [0, 0.1) is 6.92 Å². The molecule has 2 aromatic carbocycles. The molecule has 34 heavy (non-hydrogen) atoms. The predicted octanol–water partition coefficient (Wildman–Crippen LogP) is 4.66. The van der Waals surface area contributed by atoms with Crippen LogP contribution >= 0.6 is 34.8 Å². The van der Waals surface area contributed by atoms with Gasteiger partial charge in [-0.15, -0.1) is 0 Å². The van der Waals surface area contributed by atoms with Crippen molar-refractivity contribution in [1.29, 1.82) is 0 Å². The molecular formula is C23H28Cl3N3O4S. The first-order valence-corrected chi connectivity index (χ1v) is 13.5.